The maximum Gasteiger partial charge on any atom is 0.257 e. The van der Waals surface area contributed by atoms with Crippen LogP contribution in [0, 0.1) is 12.7 Å². The number of benzene rings is 1. The first kappa shape index (κ1) is 22.1. The number of halogens is 1. The van der Waals surface area contributed by atoms with Crippen LogP contribution in [0.25, 0.3) is 0 Å². The second kappa shape index (κ2) is 11.0. The number of hydrogen-bond donors (Lipinski definition) is 1. The molecule has 152 valence electrons. The van der Waals surface area contributed by atoms with E-state index in [1.807, 2.05) is 6.92 Å². The lowest BCUT2D eigenvalue weighted by Crippen LogP contribution is -2.26. The average Bonchev–Trinajstić information content (AvgIpc) is 2.67. The normalized spacial score (nSPS) is 10.9. The summed E-state index contributed by atoms with van der Waals surface area (Å²) in [6.07, 6.45) is 3.69. The predicted octanol–water partition coefficient (Wildman–Crippen LogP) is 3.61. The zero-order valence-electron chi connectivity index (χ0n) is 16.8. The fraction of sp³-hybridized carbons (Fsp3) is 0.476. The van der Waals surface area contributed by atoms with Crippen LogP contribution < -0.4 is 10.9 Å². The largest absolute Gasteiger partial charge is 0.356 e. The van der Waals surface area contributed by atoms with Gasteiger partial charge in [0, 0.05) is 43.4 Å². The molecule has 0 saturated heterocycles. The highest BCUT2D eigenvalue weighted by molar-refractivity contribution is 7.99. The number of amides is 1. The number of nitrogens with zero attached hydrogens (tertiary/aromatic N) is 2. The van der Waals surface area contributed by atoms with Gasteiger partial charge in [0.15, 0.2) is 5.16 Å². The lowest BCUT2D eigenvalue weighted by atomic mass is 10.1. The van der Waals surface area contributed by atoms with Crippen molar-refractivity contribution in [3.8, 4) is 0 Å². The molecule has 1 heterocycles. The number of unbranched alkanes of at least 4 members (excludes halogenated alkanes) is 1. The monoisotopic (exact) mass is 405 g/mol. The number of aryl methyl sites for hydroxylation is 1. The van der Waals surface area contributed by atoms with Crippen LogP contribution in [-0.2, 0) is 18.3 Å². The Kier molecular flexibility index (Phi) is 8.70. The molecule has 0 radical (unpaired) electrons. The lowest BCUT2D eigenvalue weighted by molar-refractivity contribution is -0.121. The van der Waals surface area contributed by atoms with E-state index in [0.717, 1.165) is 37.1 Å². The summed E-state index contributed by atoms with van der Waals surface area (Å²) in [6.45, 7) is 4.64. The van der Waals surface area contributed by atoms with E-state index in [2.05, 4.69) is 17.2 Å². The number of rotatable bonds is 10. The Balaban J connectivity index is 1.95. The van der Waals surface area contributed by atoms with Crippen LogP contribution in [0.3, 0.4) is 0 Å². The number of carbonyl (C=O) groups is 1. The smallest absolute Gasteiger partial charge is 0.257 e. The molecule has 0 saturated carbocycles. The van der Waals surface area contributed by atoms with Crippen LogP contribution in [0.4, 0.5) is 4.39 Å². The Hall–Kier alpha value is -2.15. The minimum absolute atomic E-state index is 0.0710. The number of thioether (sulfide) groups is 1. The van der Waals surface area contributed by atoms with Gasteiger partial charge >= 0.3 is 0 Å². The van der Waals surface area contributed by atoms with E-state index in [1.165, 1.54) is 23.9 Å². The second-order valence-electron chi connectivity index (χ2n) is 6.78. The molecule has 1 N–H and O–H groups in total. The Morgan fingerprint density at radius 3 is 2.64 bits per heavy atom. The molecule has 2 rings (SSSR count). The first-order valence-corrected chi connectivity index (χ1v) is 10.6. The minimum Gasteiger partial charge on any atom is -0.356 e. The third-order valence-electron chi connectivity index (χ3n) is 4.48. The van der Waals surface area contributed by atoms with E-state index < -0.39 is 0 Å². The van der Waals surface area contributed by atoms with Gasteiger partial charge in [-0.2, -0.15) is 0 Å². The van der Waals surface area contributed by atoms with Gasteiger partial charge in [0.05, 0.1) is 0 Å². The van der Waals surface area contributed by atoms with Crippen molar-refractivity contribution >= 4 is 17.7 Å². The van der Waals surface area contributed by atoms with E-state index in [-0.39, 0.29) is 17.3 Å². The minimum atomic E-state index is -0.294. The van der Waals surface area contributed by atoms with Crippen molar-refractivity contribution in [2.24, 2.45) is 7.05 Å². The van der Waals surface area contributed by atoms with Gasteiger partial charge in [-0.1, -0.05) is 37.2 Å². The number of carbonyl (C=O) groups excluding carboxylic acids is 1. The van der Waals surface area contributed by atoms with Crippen LogP contribution in [0.2, 0.25) is 0 Å². The molecule has 0 unspecified atom stereocenters. The highest BCUT2D eigenvalue weighted by Gasteiger charge is 2.13. The molecule has 1 amide bonds. The first-order chi connectivity index (χ1) is 13.4. The van der Waals surface area contributed by atoms with Gasteiger partial charge in [0.25, 0.3) is 5.56 Å². The molecule has 0 fully saturated rings. The summed E-state index contributed by atoms with van der Waals surface area (Å²) in [4.78, 5) is 29.0. The molecule has 7 heteroatoms. The van der Waals surface area contributed by atoms with Crippen LogP contribution in [0.1, 0.15) is 49.4 Å². The topological polar surface area (TPSA) is 64.0 Å². The van der Waals surface area contributed by atoms with E-state index in [4.69, 9.17) is 0 Å². The molecule has 1 aromatic carbocycles. The molecule has 0 atom stereocenters. The summed E-state index contributed by atoms with van der Waals surface area (Å²) in [5.41, 5.74) is 2.09. The van der Waals surface area contributed by atoms with Crippen molar-refractivity contribution in [2.75, 3.05) is 12.3 Å². The summed E-state index contributed by atoms with van der Waals surface area (Å²) in [5, 5.41) is 3.55. The SMILES string of the molecule is CCCCNC(=O)CCCSc1nc(C)c(Cc2ccc(F)cc2)c(=O)n1C. The molecule has 0 spiro atoms. The number of nitrogens with one attached hydrogen (secondary N) is 1. The van der Waals surface area contributed by atoms with Crippen molar-refractivity contribution < 1.29 is 9.18 Å². The zero-order valence-corrected chi connectivity index (χ0v) is 17.6. The highest BCUT2D eigenvalue weighted by atomic mass is 32.2. The molecule has 5 nitrogen and oxygen atoms in total. The zero-order chi connectivity index (χ0) is 20.5. The molecular formula is C21H28FN3O2S. The number of hydrogen-bond acceptors (Lipinski definition) is 4. The molecule has 0 aliphatic carbocycles. The van der Waals surface area contributed by atoms with Gasteiger partial charge in [-0.25, -0.2) is 9.37 Å². The van der Waals surface area contributed by atoms with Gasteiger partial charge in [-0.3, -0.25) is 14.2 Å². The molecule has 0 aliphatic rings. The fourth-order valence-electron chi connectivity index (χ4n) is 2.76. The summed E-state index contributed by atoms with van der Waals surface area (Å²) < 4.78 is 14.6. The standard InChI is InChI=1S/C21H28FN3O2S/c1-4-5-12-23-19(26)7-6-13-28-21-24-15(2)18(20(27)25(21)3)14-16-8-10-17(22)11-9-16/h8-11H,4-7,12-14H2,1-3H3,(H,23,26). The summed E-state index contributed by atoms with van der Waals surface area (Å²) in [5.74, 6) is 0.497. The molecule has 0 aliphatic heterocycles. The van der Waals surface area contributed by atoms with Crippen LogP contribution in [-0.4, -0.2) is 27.8 Å². The van der Waals surface area contributed by atoms with E-state index in [1.54, 1.807) is 23.7 Å². The van der Waals surface area contributed by atoms with Crippen molar-refractivity contribution in [1.82, 2.24) is 14.9 Å². The van der Waals surface area contributed by atoms with Crippen LogP contribution in [0.15, 0.2) is 34.2 Å². The maximum absolute atomic E-state index is 13.1. The predicted molar refractivity (Wildman–Crippen MR) is 111 cm³/mol. The highest BCUT2D eigenvalue weighted by Crippen LogP contribution is 2.18. The third-order valence-corrected chi connectivity index (χ3v) is 5.59. The molecule has 0 bridgehead atoms. The Morgan fingerprint density at radius 1 is 1.25 bits per heavy atom. The summed E-state index contributed by atoms with van der Waals surface area (Å²) in [7, 11) is 1.71. The van der Waals surface area contributed by atoms with E-state index in [0.29, 0.717) is 29.3 Å². The molecule has 28 heavy (non-hydrogen) atoms. The van der Waals surface area contributed by atoms with Crippen molar-refractivity contribution in [3.63, 3.8) is 0 Å². The summed E-state index contributed by atoms with van der Waals surface area (Å²) >= 11 is 1.48. The van der Waals surface area contributed by atoms with Crippen LogP contribution in [0.5, 0.6) is 0 Å². The summed E-state index contributed by atoms with van der Waals surface area (Å²) in [6, 6.07) is 6.15. The molecule has 1 aromatic heterocycles. The molecular weight excluding hydrogens is 377 g/mol. The third kappa shape index (κ3) is 6.48. The van der Waals surface area contributed by atoms with Crippen LogP contribution >= 0.6 is 11.8 Å². The van der Waals surface area contributed by atoms with Gasteiger partial charge in [0.2, 0.25) is 5.91 Å². The van der Waals surface area contributed by atoms with E-state index >= 15 is 0 Å². The fourth-order valence-corrected chi connectivity index (χ4v) is 3.71. The van der Waals surface area contributed by atoms with Gasteiger partial charge in [0.1, 0.15) is 5.82 Å². The first-order valence-electron chi connectivity index (χ1n) is 9.62. The Morgan fingerprint density at radius 2 is 1.96 bits per heavy atom. The maximum atomic E-state index is 13.1. The molecule has 2 aromatic rings. The van der Waals surface area contributed by atoms with Crippen molar-refractivity contribution in [3.05, 3.63) is 57.3 Å². The van der Waals surface area contributed by atoms with Gasteiger partial charge in [-0.05, 0) is 37.5 Å². The lowest BCUT2D eigenvalue weighted by Gasteiger charge is -2.12. The van der Waals surface area contributed by atoms with Gasteiger partial charge in [-0.15, -0.1) is 0 Å². The van der Waals surface area contributed by atoms with Crippen molar-refractivity contribution in [1.29, 1.82) is 0 Å². The average molecular weight is 406 g/mol. The quantitative estimate of drug-likeness (QED) is 0.373. The second-order valence-corrected chi connectivity index (χ2v) is 7.84. The Bertz CT molecular complexity index is 850. The number of aromatic nitrogens is 2. The van der Waals surface area contributed by atoms with E-state index in [9.17, 15) is 14.0 Å². The van der Waals surface area contributed by atoms with Gasteiger partial charge < -0.3 is 5.32 Å². The Labute approximate surface area is 169 Å². The van der Waals surface area contributed by atoms with Crippen molar-refractivity contribution in [2.45, 2.75) is 51.1 Å².